The lowest BCUT2D eigenvalue weighted by Crippen LogP contribution is -2.22. The number of aromatic nitrogens is 4. The van der Waals surface area contributed by atoms with Crippen LogP contribution >= 0.6 is 0 Å². The summed E-state index contributed by atoms with van der Waals surface area (Å²) in [5, 5.41) is 13.5. The van der Waals surface area contributed by atoms with Crippen LogP contribution in [0.5, 0.6) is 5.75 Å². The van der Waals surface area contributed by atoms with Gasteiger partial charge in [-0.1, -0.05) is 0 Å². The maximum absolute atomic E-state index is 13.2. The van der Waals surface area contributed by atoms with Crippen molar-refractivity contribution in [3.8, 4) is 17.0 Å². The lowest BCUT2D eigenvalue weighted by atomic mass is 10.1. The number of anilines is 1. The standard InChI is InChI=1S/C20H16FN5O3/c1-29-15-8-6-14(7-9-15)22-19(27)11-18-23-24-20(28)17-10-16(25-26(17)18)12-2-4-13(21)5-3-12/h2-10H,11H2,1H3,(H,22,27)(H,24,28). The van der Waals surface area contributed by atoms with Gasteiger partial charge in [-0.05, 0) is 54.6 Å². The number of H-pyrrole nitrogens is 1. The summed E-state index contributed by atoms with van der Waals surface area (Å²) in [5.41, 5.74) is 1.52. The molecule has 29 heavy (non-hydrogen) atoms. The number of ether oxygens (including phenoxy) is 1. The largest absolute Gasteiger partial charge is 0.497 e. The number of carbonyl (C=O) groups is 1. The van der Waals surface area contributed by atoms with E-state index >= 15 is 0 Å². The Labute approximate surface area is 164 Å². The third-order valence-corrected chi connectivity index (χ3v) is 4.31. The van der Waals surface area contributed by atoms with E-state index in [0.717, 1.165) is 0 Å². The lowest BCUT2D eigenvalue weighted by molar-refractivity contribution is -0.115. The maximum Gasteiger partial charge on any atom is 0.290 e. The number of rotatable bonds is 5. The van der Waals surface area contributed by atoms with E-state index in [9.17, 15) is 14.0 Å². The smallest absolute Gasteiger partial charge is 0.290 e. The Morgan fingerprint density at radius 1 is 1.17 bits per heavy atom. The summed E-state index contributed by atoms with van der Waals surface area (Å²) in [5.74, 6) is 0.249. The minimum atomic E-state index is -0.440. The molecule has 0 aliphatic heterocycles. The van der Waals surface area contributed by atoms with Crippen molar-refractivity contribution >= 4 is 17.1 Å². The monoisotopic (exact) mass is 393 g/mol. The average Bonchev–Trinajstić information content (AvgIpc) is 3.18. The minimum absolute atomic E-state index is 0.107. The van der Waals surface area contributed by atoms with Gasteiger partial charge in [-0.25, -0.2) is 14.0 Å². The SMILES string of the molecule is COc1ccc(NC(=O)Cc2n[nH]c(=O)c3cc(-c4ccc(F)cc4)nn23)cc1. The summed E-state index contributed by atoms with van der Waals surface area (Å²) in [6, 6.07) is 14.2. The van der Waals surface area contributed by atoms with Crippen molar-refractivity contribution < 1.29 is 13.9 Å². The second kappa shape index (κ2) is 7.55. The van der Waals surface area contributed by atoms with E-state index in [4.69, 9.17) is 4.74 Å². The molecule has 0 fully saturated rings. The van der Waals surface area contributed by atoms with Crippen LogP contribution in [0.3, 0.4) is 0 Å². The second-order valence-corrected chi connectivity index (χ2v) is 6.26. The van der Waals surface area contributed by atoms with Crippen molar-refractivity contribution in [2.45, 2.75) is 6.42 Å². The maximum atomic E-state index is 13.2. The molecule has 2 N–H and O–H groups in total. The fourth-order valence-electron chi connectivity index (χ4n) is 2.86. The molecular formula is C20H16FN5O3. The zero-order valence-electron chi connectivity index (χ0n) is 15.3. The topological polar surface area (TPSA) is 101 Å². The first-order valence-electron chi connectivity index (χ1n) is 8.70. The summed E-state index contributed by atoms with van der Waals surface area (Å²) >= 11 is 0. The average molecular weight is 393 g/mol. The van der Waals surface area contributed by atoms with Gasteiger partial charge in [0.05, 0.1) is 19.2 Å². The molecular weight excluding hydrogens is 377 g/mol. The van der Waals surface area contributed by atoms with Crippen LogP contribution in [0.15, 0.2) is 59.4 Å². The molecule has 0 bridgehead atoms. The Balaban J connectivity index is 1.61. The lowest BCUT2D eigenvalue weighted by Gasteiger charge is -2.07. The van der Waals surface area contributed by atoms with E-state index in [2.05, 4.69) is 20.6 Å². The van der Waals surface area contributed by atoms with Crippen molar-refractivity contribution in [1.82, 2.24) is 19.8 Å². The molecule has 146 valence electrons. The number of nitrogens with zero attached hydrogens (tertiary/aromatic N) is 3. The van der Waals surface area contributed by atoms with E-state index in [0.29, 0.717) is 22.7 Å². The molecule has 4 aromatic rings. The number of benzene rings is 2. The minimum Gasteiger partial charge on any atom is -0.497 e. The zero-order valence-corrected chi connectivity index (χ0v) is 15.3. The number of aromatic amines is 1. The highest BCUT2D eigenvalue weighted by molar-refractivity contribution is 5.92. The van der Waals surface area contributed by atoms with Gasteiger partial charge in [-0.2, -0.15) is 10.2 Å². The zero-order chi connectivity index (χ0) is 20.4. The number of fused-ring (bicyclic) bond motifs is 1. The van der Waals surface area contributed by atoms with Crippen LogP contribution in [0, 0.1) is 5.82 Å². The molecule has 0 aliphatic rings. The molecule has 0 saturated carbocycles. The van der Waals surface area contributed by atoms with E-state index in [1.165, 1.54) is 16.6 Å². The summed E-state index contributed by atoms with van der Waals surface area (Å²) in [7, 11) is 1.56. The summed E-state index contributed by atoms with van der Waals surface area (Å²) in [6.07, 6.45) is -0.107. The predicted octanol–water partition coefficient (Wildman–Crippen LogP) is 2.41. The number of hydrogen-bond acceptors (Lipinski definition) is 5. The van der Waals surface area contributed by atoms with Gasteiger partial charge in [0.2, 0.25) is 5.91 Å². The number of halogens is 1. The summed E-state index contributed by atoms with van der Waals surface area (Å²) in [4.78, 5) is 24.5. The van der Waals surface area contributed by atoms with Gasteiger partial charge < -0.3 is 10.1 Å². The highest BCUT2D eigenvalue weighted by atomic mass is 19.1. The Kier molecular flexibility index (Phi) is 4.78. The molecule has 2 heterocycles. The van der Waals surface area contributed by atoms with Crippen molar-refractivity contribution in [2.75, 3.05) is 12.4 Å². The molecule has 0 spiro atoms. The van der Waals surface area contributed by atoms with Gasteiger partial charge in [-0.15, -0.1) is 0 Å². The Morgan fingerprint density at radius 3 is 2.59 bits per heavy atom. The van der Waals surface area contributed by atoms with Crippen LogP contribution in [0.1, 0.15) is 5.82 Å². The van der Waals surface area contributed by atoms with Crippen molar-refractivity contribution in [3.63, 3.8) is 0 Å². The molecule has 0 saturated heterocycles. The fourth-order valence-corrected chi connectivity index (χ4v) is 2.86. The van der Waals surface area contributed by atoms with Crippen LogP contribution in [-0.2, 0) is 11.2 Å². The molecule has 0 aliphatic carbocycles. The van der Waals surface area contributed by atoms with Gasteiger partial charge >= 0.3 is 0 Å². The fraction of sp³-hybridized carbons (Fsp3) is 0.100. The molecule has 0 atom stereocenters. The highest BCUT2D eigenvalue weighted by Gasteiger charge is 2.15. The van der Waals surface area contributed by atoms with Crippen molar-refractivity contribution in [2.24, 2.45) is 0 Å². The third kappa shape index (κ3) is 3.84. The summed E-state index contributed by atoms with van der Waals surface area (Å²) in [6.45, 7) is 0. The van der Waals surface area contributed by atoms with Crippen LogP contribution in [0.2, 0.25) is 0 Å². The van der Waals surface area contributed by atoms with E-state index in [1.807, 2.05) is 0 Å². The van der Waals surface area contributed by atoms with Gasteiger partial charge in [-0.3, -0.25) is 9.59 Å². The Bertz CT molecular complexity index is 1230. The van der Waals surface area contributed by atoms with Crippen molar-refractivity contribution in [3.05, 3.63) is 76.6 Å². The van der Waals surface area contributed by atoms with E-state index in [1.54, 1.807) is 49.6 Å². The number of nitrogens with one attached hydrogen (secondary N) is 2. The third-order valence-electron chi connectivity index (χ3n) is 4.31. The number of carbonyl (C=O) groups excluding carboxylic acids is 1. The van der Waals surface area contributed by atoms with Crippen LogP contribution in [0.4, 0.5) is 10.1 Å². The number of methoxy groups -OCH3 is 1. The quantitative estimate of drug-likeness (QED) is 0.542. The highest BCUT2D eigenvalue weighted by Crippen LogP contribution is 2.19. The van der Waals surface area contributed by atoms with Crippen LogP contribution in [-0.4, -0.2) is 32.8 Å². The van der Waals surface area contributed by atoms with Gasteiger partial charge in [0.1, 0.15) is 17.1 Å². The normalized spacial score (nSPS) is 10.8. The predicted molar refractivity (Wildman–Crippen MR) is 104 cm³/mol. The summed E-state index contributed by atoms with van der Waals surface area (Å²) < 4.78 is 19.6. The molecule has 9 heteroatoms. The van der Waals surface area contributed by atoms with Gasteiger partial charge in [0.25, 0.3) is 5.56 Å². The number of amides is 1. The van der Waals surface area contributed by atoms with Crippen LogP contribution in [0.25, 0.3) is 16.8 Å². The van der Waals surface area contributed by atoms with Crippen molar-refractivity contribution in [1.29, 1.82) is 0 Å². The first-order chi connectivity index (χ1) is 14.0. The van der Waals surface area contributed by atoms with E-state index < -0.39 is 5.56 Å². The molecule has 8 nitrogen and oxygen atoms in total. The molecule has 4 rings (SSSR count). The van der Waals surface area contributed by atoms with Crippen LogP contribution < -0.4 is 15.6 Å². The first-order valence-corrected chi connectivity index (χ1v) is 8.70. The molecule has 0 radical (unpaired) electrons. The Morgan fingerprint density at radius 2 is 1.90 bits per heavy atom. The molecule has 0 unspecified atom stereocenters. The van der Waals surface area contributed by atoms with Gasteiger partial charge in [0.15, 0.2) is 5.82 Å². The molecule has 2 aromatic carbocycles. The number of hydrogen-bond donors (Lipinski definition) is 2. The van der Waals surface area contributed by atoms with E-state index in [-0.39, 0.29) is 29.5 Å². The Hall–Kier alpha value is -4.01. The first kappa shape index (κ1) is 18.4. The molecule has 2 aromatic heterocycles. The van der Waals surface area contributed by atoms with Gasteiger partial charge in [0, 0.05) is 11.3 Å². The second-order valence-electron chi connectivity index (χ2n) is 6.26. The molecule has 1 amide bonds.